The Morgan fingerprint density at radius 3 is 2.66 bits per heavy atom. The number of esters is 1. The molecule has 3 rings (SSSR count). The summed E-state index contributed by atoms with van der Waals surface area (Å²) in [6, 6.07) is 7.29. The minimum atomic E-state index is -0.442. The largest absolute Gasteiger partial charge is 0.462 e. The maximum Gasteiger partial charge on any atom is 0.341 e. The molecule has 1 aliphatic rings. The number of nitrogens with two attached hydrogens (primary N) is 1. The van der Waals surface area contributed by atoms with Crippen molar-refractivity contribution in [3.05, 3.63) is 40.3 Å². The molecule has 2 heterocycles. The van der Waals surface area contributed by atoms with Crippen LogP contribution < -0.4 is 11.1 Å². The Balaban J connectivity index is 1.76. The van der Waals surface area contributed by atoms with Crippen LogP contribution in [0.2, 0.25) is 0 Å². The number of anilines is 2. The van der Waals surface area contributed by atoms with Crippen LogP contribution in [0.5, 0.6) is 0 Å². The third-order valence-corrected chi connectivity index (χ3v) is 6.63. The number of ether oxygens (including phenoxy) is 1. The molecule has 9 heteroatoms. The first kappa shape index (κ1) is 21.2. The van der Waals surface area contributed by atoms with E-state index in [1.807, 2.05) is 12.1 Å². The lowest BCUT2D eigenvalue weighted by molar-refractivity contribution is -0.129. The molecule has 154 valence electrons. The molecule has 29 heavy (non-hydrogen) atoms. The molecule has 0 saturated carbocycles. The van der Waals surface area contributed by atoms with Gasteiger partial charge in [0, 0.05) is 28.9 Å². The van der Waals surface area contributed by atoms with E-state index in [1.165, 1.54) is 30.0 Å². The van der Waals surface area contributed by atoms with Gasteiger partial charge in [0.1, 0.15) is 5.00 Å². The molecule has 0 saturated heterocycles. The van der Waals surface area contributed by atoms with E-state index in [-0.39, 0.29) is 24.2 Å². The number of carbonyl (C=O) groups is 3. The highest BCUT2D eigenvalue weighted by Gasteiger charge is 2.30. The standard InChI is InChI=1S/C20H23N3O4S2/c1-3-27-20(26)18-15-8-9-23(12(2)24)10-16(15)29-19(18)22-17(25)11-28-14-6-4-13(21)5-7-14/h4-7H,3,8-11,21H2,1-2H3,(H,22,25). The number of benzene rings is 1. The van der Waals surface area contributed by atoms with Crippen LogP contribution in [0.4, 0.5) is 10.7 Å². The summed E-state index contributed by atoms with van der Waals surface area (Å²) >= 11 is 2.72. The number of rotatable bonds is 6. The van der Waals surface area contributed by atoms with Gasteiger partial charge in [0.25, 0.3) is 0 Å². The number of nitrogens with zero attached hydrogens (tertiary/aromatic N) is 1. The second-order valence-electron chi connectivity index (χ2n) is 6.52. The molecule has 0 atom stereocenters. The average Bonchev–Trinajstić information content (AvgIpc) is 3.04. The van der Waals surface area contributed by atoms with Gasteiger partial charge in [-0.05, 0) is 43.2 Å². The van der Waals surface area contributed by atoms with E-state index in [4.69, 9.17) is 10.5 Å². The van der Waals surface area contributed by atoms with Gasteiger partial charge in [0.05, 0.1) is 24.5 Å². The monoisotopic (exact) mass is 433 g/mol. The molecule has 1 aliphatic heterocycles. The molecule has 0 fully saturated rings. The minimum absolute atomic E-state index is 0.00721. The fourth-order valence-corrected chi connectivity index (χ4v) is 5.02. The Morgan fingerprint density at radius 1 is 1.28 bits per heavy atom. The van der Waals surface area contributed by atoms with E-state index in [0.29, 0.717) is 35.8 Å². The predicted molar refractivity (Wildman–Crippen MR) is 115 cm³/mol. The summed E-state index contributed by atoms with van der Waals surface area (Å²) in [6.07, 6.45) is 0.565. The number of carbonyl (C=O) groups excluding carboxylic acids is 3. The van der Waals surface area contributed by atoms with Gasteiger partial charge in [-0.25, -0.2) is 4.79 Å². The molecule has 1 aromatic carbocycles. The first-order chi connectivity index (χ1) is 13.9. The highest BCUT2D eigenvalue weighted by molar-refractivity contribution is 8.00. The van der Waals surface area contributed by atoms with Gasteiger partial charge in [0.2, 0.25) is 11.8 Å². The van der Waals surface area contributed by atoms with Crippen molar-refractivity contribution in [2.75, 3.05) is 30.0 Å². The van der Waals surface area contributed by atoms with Crippen molar-refractivity contribution < 1.29 is 19.1 Å². The van der Waals surface area contributed by atoms with E-state index < -0.39 is 5.97 Å². The number of fused-ring (bicyclic) bond motifs is 1. The van der Waals surface area contributed by atoms with Gasteiger partial charge in [-0.3, -0.25) is 9.59 Å². The summed E-state index contributed by atoms with van der Waals surface area (Å²) in [6.45, 7) is 4.52. The number of hydrogen-bond acceptors (Lipinski definition) is 7. The van der Waals surface area contributed by atoms with Crippen molar-refractivity contribution in [3.63, 3.8) is 0 Å². The van der Waals surface area contributed by atoms with Crippen LogP contribution in [0, 0.1) is 0 Å². The van der Waals surface area contributed by atoms with Crippen molar-refractivity contribution in [2.45, 2.75) is 31.7 Å². The zero-order chi connectivity index (χ0) is 21.0. The van der Waals surface area contributed by atoms with E-state index >= 15 is 0 Å². The SMILES string of the molecule is CCOC(=O)c1c(NC(=O)CSc2ccc(N)cc2)sc2c1CCN(C(C)=O)C2. The maximum absolute atomic E-state index is 12.5. The zero-order valence-corrected chi connectivity index (χ0v) is 18.0. The van der Waals surface area contributed by atoms with Crippen LogP contribution in [0.25, 0.3) is 0 Å². The fraction of sp³-hybridized carbons (Fsp3) is 0.350. The second kappa shape index (κ2) is 9.32. The molecule has 3 N–H and O–H groups in total. The number of thiophene rings is 1. The van der Waals surface area contributed by atoms with Gasteiger partial charge in [-0.2, -0.15) is 0 Å². The average molecular weight is 434 g/mol. The topological polar surface area (TPSA) is 102 Å². The fourth-order valence-electron chi connectivity index (χ4n) is 3.06. The Hall–Kier alpha value is -2.52. The summed E-state index contributed by atoms with van der Waals surface area (Å²) in [7, 11) is 0. The molecule has 0 bridgehead atoms. The molecule has 0 spiro atoms. The summed E-state index contributed by atoms with van der Waals surface area (Å²) in [4.78, 5) is 40.3. The highest BCUT2D eigenvalue weighted by atomic mass is 32.2. The number of nitrogens with one attached hydrogen (secondary N) is 1. The second-order valence-corrected chi connectivity index (χ2v) is 8.68. The smallest absolute Gasteiger partial charge is 0.341 e. The number of amides is 2. The van der Waals surface area contributed by atoms with Gasteiger partial charge in [-0.15, -0.1) is 23.1 Å². The highest BCUT2D eigenvalue weighted by Crippen LogP contribution is 2.38. The molecular weight excluding hydrogens is 410 g/mol. The lowest BCUT2D eigenvalue weighted by Gasteiger charge is -2.25. The van der Waals surface area contributed by atoms with E-state index in [1.54, 1.807) is 24.0 Å². The summed E-state index contributed by atoms with van der Waals surface area (Å²) in [5.74, 6) is -0.455. The molecule has 0 unspecified atom stereocenters. The molecule has 1 aromatic heterocycles. The van der Waals surface area contributed by atoms with Crippen molar-refractivity contribution >= 4 is 51.6 Å². The van der Waals surface area contributed by atoms with Crippen LogP contribution in [-0.2, 0) is 27.3 Å². The first-order valence-electron chi connectivity index (χ1n) is 9.24. The van der Waals surface area contributed by atoms with Crippen molar-refractivity contribution in [3.8, 4) is 0 Å². The maximum atomic E-state index is 12.5. The third-order valence-electron chi connectivity index (χ3n) is 4.48. The van der Waals surface area contributed by atoms with E-state index in [0.717, 1.165) is 15.3 Å². The van der Waals surface area contributed by atoms with Crippen LogP contribution in [0.3, 0.4) is 0 Å². The summed E-state index contributed by atoms with van der Waals surface area (Å²) < 4.78 is 5.21. The number of nitrogen functional groups attached to an aromatic ring is 1. The zero-order valence-electron chi connectivity index (χ0n) is 16.3. The summed E-state index contributed by atoms with van der Waals surface area (Å²) in [5, 5.41) is 3.35. The third kappa shape index (κ3) is 5.10. The molecule has 7 nitrogen and oxygen atoms in total. The molecule has 0 aliphatic carbocycles. The molecular formula is C20H23N3O4S2. The quantitative estimate of drug-likeness (QED) is 0.412. The van der Waals surface area contributed by atoms with Crippen LogP contribution >= 0.6 is 23.1 Å². The Morgan fingerprint density at radius 2 is 2.00 bits per heavy atom. The van der Waals surface area contributed by atoms with E-state index in [9.17, 15) is 14.4 Å². The number of thioether (sulfide) groups is 1. The molecule has 0 radical (unpaired) electrons. The van der Waals surface area contributed by atoms with Gasteiger partial charge < -0.3 is 20.7 Å². The normalized spacial score (nSPS) is 13.0. The Bertz CT molecular complexity index is 925. The van der Waals surface area contributed by atoms with Crippen molar-refractivity contribution in [1.29, 1.82) is 0 Å². The van der Waals surface area contributed by atoms with Crippen molar-refractivity contribution in [1.82, 2.24) is 4.90 Å². The van der Waals surface area contributed by atoms with Gasteiger partial charge in [0.15, 0.2) is 0 Å². The first-order valence-corrected chi connectivity index (χ1v) is 11.0. The van der Waals surface area contributed by atoms with Crippen molar-refractivity contribution in [2.24, 2.45) is 0 Å². The van der Waals surface area contributed by atoms with Crippen LogP contribution in [-0.4, -0.2) is 41.6 Å². The lowest BCUT2D eigenvalue weighted by Crippen LogP contribution is -2.34. The number of hydrogen-bond donors (Lipinski definition) is 2. The minimum Gasteiger partial charge on any atom is -0.462 e. The lowest BCUT2D eigenvalue weighted by atomic mass is 10.0. The Kier molecular flexibility index (Phi) is 6.81. The van der Waals surface area contributed by atoms with Crippen LogP contribution in [0.15, 0.2) is 29.2 Å². The molecule has 2 amide bonds. The molecule has 2 aromatic rings. The summed E-state index contributed by atoms with van der Waals surface area (Å²) in [5.41, 5.74) is 7.63. The predicted octanol–water partition coefficient (Wildman–Crippen LogP) is 3.14. The van der Waals surface area contributed by atoms with E-state index in [2.05, 4.69) is 5.32 Å². The Labute approximate surface area is 177 Å². The van der Waals surface area contributed by atoms with Gasteiger partial charge in [-0.1, -0.05) is 0 Å². The van der Waals surface area contributed by atoms with Crippen LogP contribution in [0.1, 0.15) is 34.6 Å². The van der Waals surface area contributed by atoms with Gasteiger partial charge >= 0.3 is 5.97 Å².